The molecule has 0 unspecified atom stereocenters. The Morgan fingerprint density at radius 1 is 0.393 bits per heavy atom. The number of urea groups is 1. The number of carbonyl (C=O) groups excluding carboxylic acids is 1. The van der Waals surface area contributed by atoms with E-state index >= 15 is 0 Å². The molecule has 3 rings (SSSR count). The number of nitrogens with zero attached hydrogens (tertiary/aromatic N) is 2. The Labute approximate surface area is 146 Å². The van der Waals surface area contributed by atoms with E-state index in [-0.39, 0.29) is 0 Å². The fraction of sp³-hybridized carbons (Fsp3) is 0. The zero-order valence-corrected chi connectivity index (χ0v) is 12.6. The SMILES string of the molecule is O=C1N=C(c2c(F)c(F)c(F)c(F)c2F)C(c2c(F)c(F)c(F)c(F)c2F)=N1. The quantitative estimate of drug-likeness (QED) is 0.406. The normalized spacial score (nSPS) is 13.9. The average molecular weight is 414 g/mol. The minimum Gasteiger partial charge on any atom is -0.244 e. The van der Waals surface area contributed by atoms with E-state index in [4.69, 9.17) is 0 Å². The zero-order chi connectivity index (χ0) is 21.1. The Morgan fingerprint density at radius 3 is 0.857 bits per heavy atom. The van der Waals surface area contributed by atoms with Gasteiger partial charge in [-0.05, 0) is 0 Å². The molecule has 0 saturated carbocycles. The molecule has 0 fully saturated rings. The van der Waals surface area contributed by atoms with Crippen LogP contribution in [0.25, 0.3) is 0 Å². The molecule has 0 N–H and O–H groups in total. The molecule has 0 radical (unpaired) electrons. The van der Waals surface area contributed by atoms with Gasteiger partial charge in [-0.3, -0.25) is 0 Å². The molecule has 2 amide bonds. The second kappa shape index (κ2) is 6.42. The molecule has 0 saturated heterocycles. The number of hydrogen-bond acceptors (Lipinski definition) is 1. The van der Waals surface area contributed by atoms with Gasteiger partial charge in [-0.15, -0.1) is 0 Å². The predicted octanol–water partition coefficient (Wildman–Crippen LogP) is 4.49. The summed E-state index contributed by atoms with van der Waals surface area (Å²) in [6.45, 7) is 0. The van der Waals surface area contributed by atoms with Gasteiger partial charge in [0.05, 0.1) is 11.1 Å². The summed E-state index contributed by atoms with van der Waals surface area (Å²) in [5, 5.41) is 0. The van der Waals surface area contributed by atoms with Crippen LogP contribution in [0.15, 0.2) is 9.98 Å². The van der Waals surface area contributed by atoms with Crippen molar-refractivity contribution in [3.05, 3.63) is 69.3 Å². The highest BCUT2D eigenvalue weighted by Gasteiger charge is 2.38. The van der Waals surface area contributed by atoms with Crippen LogP contribution < -0.4 is 0 Å². The monoisotopic (exact) mass is 414 g/mol. The lowest BCUT2D eigenvalue weighted by molar-refractivity contribution is 0.257. The fourth-order valence-corrected chi connectivity index (χ4v) is 2.30. The van der Waals surface area contributed by atoms with Crippen LogP contribution in [0.3, 0.4) is 0 Å². The maximum absolute atomic E-state index is 13.9. The Bertz CT molecular complexity index is 993. The molecule has 1 aliphatic heterocycles. The number of aliphatic imine (C=N–C) groups is 2. The Hall–Kier alpha value is -3.25. The molecule has 2 aromatic rings. The summed E-state index contributed by atoms with van der Waals surface area (Å²) < 4.78 is 135. The van der Waals surface area contributed by atoms with E-state index in [1.54, 1.807) is 0 Å². The topological polar surface area (TPSA) is 41.8 Å². The second-order valence-corrected chi connectivity index (χ2v) is 5.09. The molecule has 146 valence electrons. The highest BCUT2D eigenvalue weighted by molar-refractivity contribution is 6.58. The summed E-state index contributed by atoms with van der Waals surface area (Å²) in [5.41, 5.74) is -7.10. The van der Waals surface area contributed by atoms with Crippen LogP contribution in [0.1, 0.15) is 11.1 Å². The van der Waals surface area contributed by atoms with Gasteiger partial charge in [-0.1, -0.05) is 0 Å². The molecule has 0 spiro atoms. The van der Waals surface area contributed by atoms with Gasteiger partial charge in [0.1, 0.15) is 11.4 Å². The fourth-order valence-electron chi connectivity index (χ4n) is 2.30. The first kappa shape index (κ1) is 19.5. The van der Waals surface area contributed by atoms with E-state index in [1.807, 2.05) is 0 Å². The lowest BCUT2D eigenvalue weighted by Gasteiger charge is -2.12. The van der Waals surface area contributed by atoms with E-state index in [0.717, 1.165) is 0 Å². The summed E-state index contributed by atoms with van der Waals surface area (Å²) in [4.78, 5) is 16.9. The lowest BCUT2D eigenvalue weighted by Crippen LogP contribution is -2.24. The van der Waals surface area contributed by atoms with E-state index in [9.17, 15) is 48.7 Å². The third kappa shape index (κ3) is 2.57. The zero-order valence-electron chi connectivity index (χ0n) is 12.6. The van der Waals surface area contributed by atoms with Gasteiger partial charge in [0, 0.05) is 0 Å². The molecule has 13 heteroatoms. The van der Waals surface area contributed by atoms with Crippen LogP contribution in [-0.2, 0) is 0 Å². The van der Waals surface area contributed by atoms with Gasteiger partial charge in [0.2, 0.25) is 11.6 Å². The molecule has 1 heterocycles. The highest BCUT2D eigenvalue weighted by atomic mass is 19.2. The number of hydrogen-bond donors (Lipinski definition) is 0. The molecule has 28 heavy (non-hydrogen) atoms. The van der Waals surface area contributed by atoms with Crippen molar-refractivity contribution < 1.29 is 48.7 Å². The van der Waals surface area contributed by atoms with E-state index in [2.05, 4.69) is 9.98 Å². The maximum Gasteiger partial charge on any atom is 0.368 e. The molecule has 0 bridgehead atoms. The Balaban J connectivity index is 2.36. The maximum atomic E-state index is 13.9. The van der Waals surface area contributed by atoms with Crippen LogP contribution in [0.4, 0.5) is 48.7 Å². The van der Waals surface area contributed by atoms with Gasteiger partial charge < -0.3 is 0 Å². The molecule has 0 aromatic heterocycles. The summed E-state index contributed by atoms with van der Waals surface area (Å²) in [7, 11) is 0. The van der Waals surface area contributed by atoms with E-state index in [1.165, 1.54) is 0 Å². The molecule has 3 nitrogen and oxygen atoms in total. The third-order valence-electron chi connectivity index (χ3n) is 3.53. The third-order valence-corrected chi connectivity index (χ3v) is 3.53. The smallest absolute Gasteiger partial charge is 0.244 e. The predicted molar refractivity (Wildman–Crippen MR) is 70.9 cm³/mol. The Kier molecular flexibility index (Phi) is 4.47. The van der Waals surface area contributed by atoms with Gasteiger partial charge in [0.25, 0.3) is 0 Å². The van der Waals surface area contributed by atoms with Crippen molar-refractivity contribution >= 4 is 17.5 Å². The van der Waals surface area contributed by atoms with Crippen LogP contribution >= 0.6 is 0 Å². The van der Waals surface area contributed by atoms with Crippen LogP contribution in [0.5, 0.6) is 0 Å². The lowest BCUT2D eigenvalue weighted by atomic mass is 9.97. The first-order chi connectivity index (χ1) is 13.0. The van der Waals surface area contributed by atoms with E-state index in [0.29, 0.717) is 0 Å². The number of halogens is 10. The van der Waals surface area contributed by atoms with Crippen molar-refractivity contribution in [3.8, 4) is 0 Å². The van der Waals surface area contributed by atoms with Crippen molar-refractivity contribution in [1.29, 1.82) is 0 Å². The standard InChI is InChI=1S/C15F10N2O/c16-3-1(4(17)8(21)11(24)7(3)20)13-14(27-15(28)26-13)2-5(18)9(22)12(25)10(23)6(2)19. The molecule has 0 aliphatic carbocycles. The number of amides is 2. The summed E-state index contributed by atoms with van der Waals surface area (Å²) in [5.74, 6) is -25.5. The van der Waals surface area contributed by atoms with Crippen molar-refractivity contribution in [1.82, 2.24) is 0 Å². The minimum atomic E-state index is -2.60. The number of benzene rings is 2. The summed E-state index contributed by atoms with van der Waals surface area (Å²) in [6.07, 6.45) is 0. The van der Waals surface area contributed by atoms with Crippen molar-refractivity contribution in [2.75, 3.05) is 0 Å². The second-order valence-electron chi connectivity index (χ2n) is 5.09. The molecular formula is C15F10N2O. The highest BCUT2D eigenvalue weighted by Crippen LogP contribution is 2.30. The van der Waals surface area contributed by atoms with Gasteiger partial charge in [0.15, 0.2) is 46.5 Å². The average Bonchev–Trinajstić information content (AvgIpc) is 3.02. The van der Waals surface area contributed by atoms with Crippen LogP contribution in [-0.4, -0.2) is 17.5 Å². The molecular weight excluding hydrogens is 414 g/mol. The number of carbonyl (C=O) groups is 1. The van der Waals surface area contributed by atoms with Gasteiger partial charge in [-0.25, -0.2) is 48.7 Å². The van der Waals surface area contributed by atoms with Crippen molar-refractivity contribution in [3.63, 3.8) is 0 Å². The Morgan fingerprint density at radius 2 is 0.607 bits per heavy atom. The van der Waals surface area contributed by atoms with Gasteiger partial charge in [-0.2, -0.15) is 9.98 Å². The first-order valence-corrected chi connectivity index (χ1v) is 6.74. The van der Waals surface area contributed by atoms with E-state index < -0.39 is 86.8 Å². The van der Waals surface area contributed by atoms with Crippen molar-refractivity contribution in [2.45, 2.75) is 0 Å². The minimum absolute atomic E-state index is 1.61. The van der Waals surface area contributed by atoms with Crippen molar-refractivity contribution in [2.24, 2.45) is 9.98 Å². The molecule has 1 aliphatic rings. The summed E-state index contributed by atoms with van der Waals surface area (Å²) in [6, 6.07) is -1.75. The van der Waals surface area contributed by atoms with Gasteiger partial charge >= 0.3 is 6.03 Å². The summed E-state index contributed by atoms with van der Waals surface area (Å²) >= 11 is 0. The van der Waals surface area contributed by atoms with Crippen LogP contribution in [0, 0.1) is 58.2 Å². The number of rotatable bonds is 2. The largest absolute Gasteiger partial charge is 0.368 e. The molecule has 2 aromatic carbocycles. The first-order valence-electron chi connectivity index (χ1n) is 6.74. The van der Waals surface area contributed by atoms with Crippen LogP contribution in [0.2, 0.25) is 0 Å². The molecule has 0 atom stereocenters.